The summed E-state index contributed by atoms with van der Waals surface area (Å²) in [4.78, 5) is 27.4. The lowest BCUT2D eigenvalue weighted by molar-refractivity contribution is -0.122. The summed E-state index contributed by atoms with van der Waals surface area (Å²) in [5.74, 6) is -0.935. The molecule has 1 saturated heterocycles. The Bertz CT molecular complexity index is 1210. The third kappa shape index (κ3) is 3.82. The maximum atomic E-state index is 13.3. The van der Waals surface area contributed by atoms with Crippen molar-refractivity contribution in [1.82, 2.24) is 9.88 Å². The molecule has 0 unspecified atom stereocenters. The Morgan fingerprint density at radius 2 is 1.77 bits per heavy atom. The van der Waals surface area contributed by atoms with Gasteiger partial charge in [-0.1, -0.05) is 12.1 Å². The fraction of sp³-hybridized carbons (Fsp3) is 0.0870. The van der Waals surface area contributed by atoms with Crippen molar-refractivity contribution in [3.8, 4) is 5.69 Å². The molecule has 0 saturated carbocycles. The number of carbonyl (C=O) groups is 2. The standard InChI is InChI=1S/C23H18IN3O2S/c1-14-5-6-15(2)20(12-14)27-22(29)19(21(28)25-23(27)30)13-18-4-3-11-26(18)17-9-7-16(24)8-10-17/h3-13H,1-2H3,(H,25,28,30)/b19-13+. The maximum Gasteiger partial charge on any atom is 0.270 e. The summed E-state index contributed by atoms with van der Waals surface area (Å²) in [6, 6.07) is 17.5. The van der Waals surface area contributed by atoms with E-state index in [4.69, 9.17) is 12.2 Å². The second kappa shape index (κ2) is 8.16. The van der Waals surface area contributed by atoms with E-state index in [0.717, 1.165) is 26.1 Å². The summed E-state index contributed by atoms with van der Waals surface area (Å²) < 4.78 is 3.06. The molecular weight excluding hydrogens is 509 g/mol. The number of thiocarbonyl (C=S) groups is 1. The molecule has 1 aliphatic heterocycles. The number of anilines is 1. The van der Waals surface area contributed by atoms with Gasteiger partial charge in [-0.25, -0.2) is 0 Å². The molecule has 0 atom stereocenters. The molecule has 0 bridgehead atoms. The predicted molar refractivity (Wildman–Crippen MR) is 131 cm³/mol. The molecule has 0 aliphatic carbocycles. The van der Waals surface area contributed by atoms with Gasteiger partial charge in [0.1, 0.15) is 5.57 Å². The molecule has 30 heavy (non-hydrogen) atoms. The largest absolute Gasteiger partial charge is 0.317 e. The van der Waals surface area contributed by atoms with Gasteiger partial charge >= 0.3 is 0 Å². The number of rotatable bonds is 3. The van der Waals surface area contributed by atoms with Gasteiger partial charge in [-0.05, 0) is 108 Å². The first-order valence-corrected chi connectivity index (χ1v) is 10.8. The van der Waals surface area contributed by atoms with Gasteiger partial charge in [-0.2, -0.15) is 0 Å². The lowest BCUT2D eigenvalue weighted by Crippen LogP contribution is -2.54. The summed E-state index contributed by atoms with van der Waals surface area (Å²) in [6.45, 7) is 3.86. The van der Waals surface area contributed by atoms with E-state index < -0.39 is 11.8 Å². The van der Waals surface area contributed by atoms with Gasteiger partial charge < -0.3 is 4.57 Å². The lowest BCUT2D eigenvalue weighted by atomic mass is 10.1. The molecule has 2 amide bonds. The SMILES string of the molecule is Cc1ccc(C)c(N2C(=O)/C(=C/c3cccn3-c3ccc(I)cc3)C(=O)NC2=S)c1. The van der Waals surface area contributed by atoms with Crippen LogP contribution in [-0.4, -0.2) is 21.5 Å². The second-order valence-corrected chi connectivity index (χ2v) is 8.66. The van der Waals surface area contributed by atoms with Gasteiger partial charge in [-0.3, -0.25) is 19.8 Å². The van der Waals surface area contributed by atoms with Crippen LogP contribution in [0.4, 0.5) is 5.69 Å². The van der Waals surface area contributed by atoms with Gasteiger partial charge in [0.2, 0.25) is 0 Å². The van der Waals surface area contributed by atoms with Crippen LogP contribution in [0.3, 0.4) is 0 Å². The highest BCUT2D eigenvalue weighted by atomic mass is 127. The van der Waals surface area contributed by atoms with Gasteiger partial charge in [0.15, 0.2) is 5.11 Å². The van der Waals surface area contributed by atoms with E-state index in [-0.39, 0.29) is 10.7 Å². The van der Waals surface area contributed by atoms with E-state index in [1.165, 1.54) is 4.90 Å². The molecule has 2 heterocycles. The highest BCUT2D eigenvalue weighted by molar-refractivity contribution is 14.1. The number of hydrogen-bond donors (Lipinski definition) is 1. The number of nitrogens with one attached hydrogen (secondary N) is 1. The van der Waals surface area contributed by atoms with Crippen LogP contribution in [0.5, 0.6) is 0 Å². The van der Waals surface area contributed by atoms with E-state index in [0.29, 0.717) is 5.69 Å². The Labute approximate surface area is 193 Å². The zero-order chi connectivity index (χ0) is 21.4. The van der Waals surface area contributed by atoms with Gasteiger partial charge in [-0.15, -0.1) is 0 Å². The fourth-order valence-electron chi connectivity index (χ4n) is 3.33. The molecule has 1 aliphatic rings. The molecule has 7 heteroatoms. The first kappa shape index (κ1) is 20.5. The van der Waals surface area contributed by atoms with Crippen LogP contribution in [0.2, 0.25) is 0 Å². The van der Waals surface area contributed by atoms with Crippen molar-refractivity contribution < 1.29 is 9.59 Å². The Morgan fingerprint density at radius 1 is 1.03 bits per heavy atom. The van der Waals surface area contributed by atoms with E-state index in [2.05, 4.69) is 27.9 Å². The predicted octanol–water partition coefficient (Wildman–Crippen LogP) is 4.53. The number of amides is 2. The summed E-state index contributed by atoms with van der Waals surface area (Å²) >= 11 is 7.57. The van der Waals surface area contributed by atoms with Crippen molar-refractivity contribution in [2.45, 2.75) is 13.8 Å². The Kier molecular flexibility index (Phi) is 5.57. The first-order valence-electron chi connectivity index (χ1n) is 9.27. The molecule has 1 aromatic heterocycles. The monoisotopic (exact) mass is 527 g/mol. The maximum absolute atomic E-state index is 13.3. The Hall–Kier alpha value is -2.78. The van der Waals surface area contributed by atoms with Crippen LogP contribution in [0.15, 0.2) is 66.4 Å². The van der Waals surface area contributed by atoms with Crippen molar-refractivity contribution in [2.75, 3.05) is 4.90 Å². The number of hydrogen-bond acceptors (Lipinski definition) is 3. The molecule has 3 aromatic rings. The van der Waals surface area contributed by atoms with Gasteiger partial charge in [0, 0.05) is 21.1 Å². The quantitative estimate of drug-likeness (QED) is 0.236. The molecule has 1 fully saturated rings. The van der Waals surface area contributed by atoms with Gasteiger partial charge in [0.05, 0.1) is 5.69 Å². The third-order valence-electron chi connectivity index (χ3n) is 4.88. The second-order valence-electron chi connectivity index (χ2n) is 7.03. The first-order chi connectivity index (χ1) is 14.3. The molecule has 0 radical (unpaired) electrons. The molecule has 150 valence electrons. The minimum absolute atomic E-state index is 0.0370. The highest BCUT2D eigenvalue weighted by Gasteiger charge is 2.35. The van der Waals surface area contributed by atoms with Crippen LogP contribution < -0.4 is 10.2 Å². The number of benzene rings is 2. The number of aromatic nitrogens is 1. The van der Waals surface area contributed by atoms with Crippen LogP contribution >= 0.6 is 34.8 Å². The highest BCUT2D eigenvalue weighted by Crippen LogP contribution is 2.27. The van der Waals surface area contributed by atoms with Crippen LogP contribution in [0.1, 0.15) is 16.8 Å². The number of aryl methyl sites for hydroxylation is 2. The molecule has 0 spiro atoms. The molecule has 2 aromatic carbocycles. The Morgan fingerprint density at radius 3 is 2.50 bits per heavy atom. The zero-order valence-electron chi connectivity index (χ0n) is 16.3. The average Bonchev–Trinajstić information content (AvgIpc) is 3.16. The van der Waals surface area contributed by atoms with Crippen molar-refractivity contribution in [3.63, 3.8) is 0 Å². The summed E-state index contributed by atoms with van der Waals surface area (Å²) in [5, 5.41) is 2.74. The molecule has 4 rings (SSSR count). The third-order valence-corrected chi connectivity index (χ3v) is 5.89. The van der Waals surface area contributed by atoms with Crippen molar-refractivity contribution in [1.29, 1.82) is 0 Å². The number of carbonyl (C=O) groups excluding carboxylic acids is 2. The fourth-order valence-corrected chi connectivity index (χ4v) is 3.97. The molecule has 1 N–H and O–H groups in total. The topological polar surface area (TPSA) is 54.3 Å². The normalized spacial score (nSPS) is 15.6. The lowest BCUT2D eigenvalue weighted by Gasteiger charge is -2.30. The summed E-state index contributed by atoms with van der Waals surface area (Å²) in [7, 11) is 0. The number of nitrogens with zero attached hydrogens (tertiary/aromatic N) is 2. The van der Waals surface area contributed by atoms with E-state index in [1.807, 2.05) is 79.2 Å². The van der Waals surface area contributed by atoms with Crippen LogP contribution in [0.25, 0.3) is 11.8 Å². The van der Waals surface area contributed by atoms with Crippen LogP contribution in [0, 0.1) is 17.4 Å². The average molecular weight is 527 g/mol. The molecule has 5 nitrogen and oxygen atoms in total. The smallest absolute Gasteiger partial charge is 0.270 e. The van der Waals surface area contributed by atoms with Crippen LogP contribution in [-0.2, 0) is 9.59 Å². The van der Waals surface area contributed by atoms with Crippen molar-refractivity contribution in [2.24, 2.45) is 0 Å². The van der Waals surface area contributed by atoms with E-state index in [9.17, 15) is 9.59 Å². The minimum atomic E-state index is -0.498. The zero-order valence-corrected chi connectivity index (χ0v) is 19.3. The molecular formula is C23H18IN3O2S. The van der Waals surface area contributed by atoms with Crippen molar-refractivity contribution in [3.05, 3.63) is 86.8 Å². The summed E-state index contributed by atoms with van der Waals surface area (Å²) in [6.07, 6.45) is 3.50. The number of halogens is 1. The summed E-state index contributed by atoms with van der Waals surface area (Å²) in [5.41, 5.74) is 4.27. The Balaban J connectivity index is 1.77. The minimum Gasteiger partial charge on any atom is -0.317 e. The van der Waals surface area contributed by atoms with Crippen molar-refractivity contribution >= 4 is 63.5 Å². The van der Waals surface area contributed by atoms with E-state index in [1.54, 1.807) is 6.08 Å². The van der Waals surface area contributed by atoms with Gasteiger partial charge in [0.25, 0.3) is 11.8 Å². The van der Waals surface area contributed by atoms with E-state index >= 15 is 0 Å².